The number of nitro benzene ring substituents is 1. The van der Waals surface area contributed by atoms with E-state index >= 15 is 0 Å². The van der Waals surface area contributed by atoms with E-state index in [1.165, 1.54) is 12.1 Å². The Labute approximate surface area is 119 Å². The minimum Gasteiger partial charge on any atom is -0.508 e. The van der Waals surface area contributed by atoms with Gasteiger partial charge >= 0.3 is 5.69 Å². The van der Waals surface area contributed by atoms with Crippen LogP contribution in [-0.2, 0) is 0 Å². The molecule has 0 spiro atoms. The summed E-state index contributed by atoms with van der Waals surface area (Å²) in [7, 11) is 0. The number of nitrogens with zero attached hydrogens (tertiary/aromatic N) is 1. The molecule has 0 aliphatic rings. The monoisotopic (exact) mass is 281 g/mol. The van der Waals surface area contributed by atoms with Crippen molar-refractivity contribution in [2.75, 3.05) is 0 Å². The van der Waals surface area contributed by atoms with Gasteiger partial charge in [0.2, 0.25) is 5.75 Å². The Kier molecular flexibility index (Phi) is 2.95. The molecule has 0 radical (unpaired) electrons. The number of benzene rings is 3. The minimum absolute atomic E-state index is 0.0912. The minimum atomic E-state index is -0.582. The highest BCUT2D eigenvalue weighted by Gasteiger charge is 2.22. The number of hydrogen-bond donors (Lipinski definition) is 2. The second kappa shape index (κ2) is 4.79. The molecule has 0 aliphatic carbocycles. The zero-order valence-corrected chi connectivity index (χ0v) is 10.9. The van der Waals surface area contributed by atoms with Gasteiger partial charge in [-0.3, -0.25) is 10.1 Å². The zero-order valence-electron chi connectivity index (χ0n) is 10.9. The number of fused-ring (bicyclic) bond motifs is 1. The van der Waals surface area contributed by atoms with Crippen LogP contribution < -0.4 is 0 Å². The Morgan fingerprint density at radius 2 is 1.62 bits per heavy atom. The molecule has 0 saturated carbocycles. The second-order valence-electron chi connectivity index (χ2n) is 4.65. The fourth-order valence-electron chi connectivity index (χ4n) is 2.36. The van der Waals surface area contributed by atoms with Crippen molar-refractivity contribution in [1.82, 2.24) is 0 Å². The van der Waals surface area contributed by atoms with Gasteiger partial charge in [-0.05, 0) is 35.2 Å². The van der Waals surface area contributed by atoms with Crippen molar-refractivity contribution in [3.8, 4) is 22.6 Å². The number of nitro groups is 1. The molecule has 0 aromatic heterocycles. The number of rotatable bonds is 2. The molecule has 0 amide bonds. The van der Waals surface area contributed by atoms with E-state index in [1.54, 1.807) is 42.5 Å². The van der Waals surface area contributed by atoms with Gasteiger partial charge in [-0.1, -0.05) is 30.3 Å². The van der Waals surface area contributed by atoms with Gasteiger partial charge in [0.15, 0.2) is 0 Å². The molecule has 5 nitrogen and oxygen atoms in total. The first-order valence-electron chi connectivity index (χ1n) is 6.26. The molecule has 2 N–H and O–H groups in total. The molecule has 104 valence electrons. The summed E-state index contributed by atoms with van der Waals surface area (Å²) in [6.07, 6.45) is 0. The van der Waals surface area contributed by atoms with Crippen molar-refractivity contribution in [2.24, 2.45) is 0 Å². The van der Waals surface area contributed by atoms with Crippen LogP contribution in [-0.4, -0.2) is 15.1 Å². The highest BCUT2D eigenvalue weighted by molar-refractivity contribution is 5.99. The second-order valence-corrected chi connectivity index (χ2v) is 4.65. The van der Waals surface area contributed by atoms with Crippen molar-refractivity contribution >= 4 is 16.5 Å². The van der Waals surface area contributed by atoms with Gasteiger partial charge in [0.05, 0.1) is 10.3 Å². The first-order chi connectivity index (χ1) is 10.1. The molecule has 3 rings (SSSR count). The number of hydrogen-bond acceptors (Lipinski definition) is 4. The number of phenolic OH excluding ortho intramolecular Hbond substituents is 2. The SMILES string of the molecule is O=[N+]([O-])c1c(O)c(-c2ccc(O)cc2)cc2ccccc12. The molecule has 5 heteroatoms. The summed E-state index contributed by atoms with van der Waals surface area (Å²) in [6, 6.07) is 14.7. The maximum Gasteiger partial charge on any atom is 0.319 e. The Bertz CT molecular complexity index is 841. The molecule has 3 aromatic carbocycles. The van der Waals surface area contributed by atoms with Crippen molar-refractivity contribution in [3.05, 3.63) is 64.7 Å². The fraction of sp³-hybridized carbons (Fsp3) is 0. The molecule has 0 unspecified atom stereocenters. The van der Waals surface area contributed by atoms with Crippen LogP contribution in [0.1, 0.15) is 0 Å². The van der Waals surface area contributed by atoms with E-state index in [2.05, 4.69) is 0 Å². The molecule has 0 atom stereocenters. The lowest BCUT2D eigenvalue weighted by Gasteiger charge is -2.09. The van der Waals surface area contributed by atoms with E-state index in [0.29, 0.717) is 21.9 Å². The van der Waals surface area contributed by atoms with E-state index < -0.39 is 4.92 Å². The average Bonchev–Trinajstić information content (AvgIpc) is 2.47. The standard InChI is InChI=1S/C16H11NO4/c18-12-7-5-10(6-8-12)14-9-11-3-1-2-4-13(11)15(16(14)19)17(20)21/h1-9,18-19H. The summed E-state index contributed by atoms with van der Waals surface area (Å²) in [4.78, 5) is 10.7. The third-order valence-electron chi connectivity index (χ3n) is 3.36. The van der Waals surface area contributed by atoms with Gasteiger partial charge in [-0.25, -0.2) is 0 Å². The molecular weight excluding hydrogens is 270 g/mol. The van der Waals surface area contributed by atoms with Crippen LogP contribution in [0, 0.1) is 10.1 Å². The molecular formula is C16H11NO4. The summed E-state index contributed by atoms with van der Waals surface area (Å²) in [5, 5.41) is 31.9. The normalized spacial score (nSPS) is 10.7. The molecule has 21 heavy (non-hydrogen) atoms. The molecule has 0 aliphatic heterocycles. The van der Waals surface area contributed by atoms with E-state index in [0.717, 1.165) is 0 Å². The van der Waals surface area contributed by atoms with Crippen LogP contribution in [0.3, 0.4) is 0 Å². The van der Waals surface area contributed by atoms with Gasteiger partial charge in [-0.15, -0.1) is 0 Å². The van der Waals surface area contributed by atoms with E-state index in [9.17, 15) is 20.3 Å². The van der Waals surface area contributed by atoms with Crippen LogP contribution in [0.2, 0.25) is 0 Å². The lowest BCUT2D eigenvalue weighted by molar-refractivity contribution is -0.384. The zero-order chi connectivity index (χ0) is 15.0. The Balaban J connectivity index is 2.36. The predicted molar refractivity (Wildman–Crippen MR) is 79.4 cm³/mol. The van der Waals surface area contributed by atoms with Gasteiger partial charge in [0.25, 0.3) is 0 Å². The van der Waals surface area contributed by atoms with Crippen LogP contribution >= 0.6 is 0 Å². The maximum absolute atomic E-state index is 11.3. The first kappa shape index (κ1) is 12.9. The summed E-state index contributed by atoms with van der Waals surface area (Å²) < 4.78 is 0. The number of aromatic hydroxyl groups is 2. The topological polar surface area (TPSA) is 83.6 Å². The summed E-state index contributed by atoms with van der Waals surface area (Å²) in [5.74, 6) is -0.280. The van der Waals surface area contributed by atoms with Crippen molar-refractivity contribution < 1.29 is 15.1 Å². The molecule has 3 aromatic rings. The molecule has 0 saturated heterocycles. The third kappa shape index (κ3) is 2.14. The lowest BCUT2D eigenvalue weighted by Crippen LogP contribution is -1.92. The Morgan fingerprint density at radius 3 is 2.29 bits per heavy atom. The highest BCUT2D eigenvalue weighted by Crippen LogP contribution is 2.42. The Morgan fingerprint density at radius 1 is 0.952 bits per heavy atom. The van der Waals surface area contributed by atoms with Gasteiger partial charge in [0, 0.05) is 5.56 Å². The Hall–Kier alpha value is -3.08. The maximum atomic E-state index is 11.3. The van der Waals surface area contributed by atoms with E-state index in [4.69, 9.17) is 0 Å². The van der Waals surface area contributed by atoms with Crippen LogP contribution in [0.25, 0.3) is 21.9 Å². The van der Waals surface area contributed by atoms with E-state index in [-0.39, 0.29) is 17.2 Å². The summed E-state index contributed by atoms with van der Waals surface area (Å²) in [5.41, 5.74) is 0.649. The van der Waals surface area contributed by atoms with Crippen molar-refractivity contribution in [3.63, 3.8) is 0 Å². The van der Waals surface area contributed by atoms with Crippen LogP contribution in [0.15, 0.2) is 54.6 Å². The van der Waals surface area contributed by atoms with Crippen LogP contribution in [0.4, 0.5) is 5.69 Å². The van der Waals surface area contributed by atoms with Gasteiger partial charge < -0.3 is 10.2 Å². The summed E-state index contributed by atoms with van der Waals surface area (Å²) in [6.45, 7) is 0. The molecule has 0 fully saturated rings. The van der Waals surface area contributed by atoms with Gasteiger partial charge in [0.1, 0.15) is 5.75 Å². The quantitative estimate of drug-likeness (QED) is 0.552. The third-order valence-corrected chi connectivity index (χ3v) is 3.36. The average molecular weight is 281 g/mol. The van der Waals surface area contributed by atoms with Gasteiger partial charge in [-0.2, -0.15) is 0 Å². The van der Waals surface area contributed by atoms with E-state index in [1.807, 2.05) is 0 Å². The molecule has 0 bridgehead atoms. The molecule has 0 heterocycles. The largest absolute Gasteiger partial charge is 0.508 e. The predicted octanol–water partition coefficient (Wildman–Crippen LogP) is 3.83. The number of phenols is 2. The highest BCUT2D eigenvalue weighted by atomic mass is 16.6. The lowest BCUT2D eigenvalue weighted by atomic mass is 9.98. The first-order valence-corrected chi connectivity index (χ1v) is 6.26. The van der Waals surface area contributed by atoms with Crippen LogP contribution in [0.5, 0.6) is 11.5 Å². The fourth-order valence-corrected chi connectivity index (χ4v) is 2.36. The van der Waals surface area contributed by atoms with Crippen molar-refractivity contribution in [1.29, 1.82) is 0 Å². The smallest absolute Gasteiger partial charge is 0.319 e. The van der Waals surface area contributed by atoms with Crippen molar-refractivity contribution in [2.45, 2.75) is 0 Å². The summed E-state index contributed by atoms with van der Waals surface area (Å²) >= 11 is 0.